The maximum absolute atomic E-state index is 12.9. The highest BCUT2D eigenvalue weighted by Gasteiger charge is 2.62. The van der Waals surface area contributed by atoms with E-state index in [1.54, 1.807) is 13.8 Å². The number of carbonyl (C=O) groups is 1. The largest absolute Gasteiger partial charge is 0.461 e. The molecule has 0 aromatic carbocycles. The van der Waals surface area contributed by atoms with Crippen LogP contribution in [0.15, 0.2) is 29.4 Å². The van der Waals surface area contributed by atoms with Crippen LogP contribution >= 0.6 is 11.6 Å². The van der Waals surface area contributed by atoms with Gasteiger partial charge in [0.05, 0.1) is 5.92 Å². The molecule has 0 aliphatic heterocycles. The van der Waals surface area contributed by atoms with Gasteiger partial charge >= 0.3 is 12.1 Å². The summed E-state index contributed by atoms with van der Waals surface area (Å²) in [5.41, 5.74) is -0.267. The van der Waals surface area contributed by atoms with Crippen LogP contribution in [-0.4, -0.2) is 17.1 Å². The standard InChI is InChI=1S/C15H14ClF4NO2/c1-14(2)9(6-10(16)15(18,19)20)12(14)13(22)23-7-8-3-4-21-11(17)5-8/h3-6,9,12H,7H2,1-2H3/t9-,12-/m0/s1. The Bertz CT molecular complexity index is 643. The number of hydrogen-bond donors (Lipinski definition) is 0. The molecule has 2 rings (SSSR count). The Labute approximate surface area is 135 Å². The molecule has 1 heterocycles. The van der Waals surface area contributed by atoms with Crippen LogP contribution in [0.1, 0.15) is 19.4 Å². The number of esters is 1. The lowest BCUT2D eigenvalue weighted by Crippen LogP contribution is -2.11. The van der Waals surface area contributed by atoms with Crippen molar-refractivity contribution < 1.29 is 27.1 Å². The van der Waals surface area contributed by atoms with E-state index in [1.807, 2.05) is 0 Å². The summed E-state index contributed by atoms with van der Waals surface area (Å²) in [6.45, 7) is 3.15. The lowest BCUT2D eigenvalue weighted by molar-refractivity contribution is -0.147. The molecule has 1 aliphatic carbocycles. The van der Waals surface area contributed by atoms with Gasteiger partial charge in [0.25, 0.3) is 0 Å². The highest BCUT2D eigenvalue weighted by molar-refractivity contribution is 6.30. The van der Waals surface area contributed by atoms with E-state index >= 15 is 0 Å². The zero-order chi connectivity index (χ0) is 17.4. The molecule has 0 spiro atoms. The SMILES string of the molecule is CC1(C)[C@H](C(=O)OCc2ccnc(F)c2)[C@@H]1C=C(Cl)C(F)(F)F. The summed E-state index contributed by atoms with van der Waals surface area (Å²) in [5.74, 6) is -2.72. The molecule has 23 heavy (non-hydrogen) atoms. The van der Waals surface area contributed by atoms with Gasteiger partial charge in [0.1, 0.15) is 11.6 Å². The first-order valence-electron chi connectivity index (χ1n) is 6.75. The molecule has 1 fully saturated rings. The van der Waals surface area contributed by atoms with Crippen LogP contribution in [0, 0.1) is 23.2 Å². The Morgan fingerprint density at radius 3 is 2.70 bits per heavy atom. The van der Waals surface area contributed by atoms with Crippen molar-refractivity contribution in [3.8, 4) is 0 Å². The molecule has 1 aromatic rings. The summed E-state index contributed by atoms with van der Waals surface area (Å²) in [6, 6.07) is 2.59. The molecule has 3 nitrogen and oxygen atoms in total. The Kier molecular flexibility index (Phi) is 4.71. The number of alkyl halides is 3. The van der Waals surface area contributed by atoms with Crippen molar-refractivity contribution in [1.82, 2.24) is 4.98 Å². The van der Waals surface area contributed by atoms with Gasteiger partial charge in [0, 0.05) is 6.20 Å². The molecular formula is C15H14ClF4NO2. The Morgan fingerprint density at radius 2 is 2.13 bits per heavy atom. The molecule has 8 heteroatoms. The maximum Gasteiger partial charge on any atom is 0.426 e. The van der Waals surface area contributed by atoms with Gasteiger partial charge in [-0.15, -0.1) is 0 Å². The predicted octanol–water partition coefficient (Wildman–Crippen LogP) is 4.22. The van der Waals surface area contributed by atoms with Gasteiger partial charge in [-0.25, -0.2) is 4.98 Å². The smallest absolute Gasteiger partial charge is 0.426 e. The van der Waals surface area contributed by atoms with E-state index in [1.165, 1.54) is 12.3 Å². The fraction of sp³-hybridized carbons (Fsp3) is 0.467. The van der Waals surface area contributed by atoms with Crippen molar-refractivity contribution in [2.75, 3.05) is 0 Å². The second kappa shape index (κ2) is 6.11. The van der Waals surface area contributed by atoms with Gasteiger partial charge in [-0.2, -0.15) is 17.6 Å². The molecule has 0 unspecified atom stereocenters. The Balaban J connectivity index is 2.00. The topological polar surface area (TPSA) is 39.2 Å². The number of aromatic nitrogens is 1. The number of ether oxygens (including phenoxy) is 1. The summed E-state index contributed by atoms with van der Waals surface area (Å²) in [6.07, 6.45) is -2.56. The van der Waals surface area contributed by atoms with E-state index < -0.39 is 40.4 Å². The number of allylic oxidation sites excluding steroid dienone is 2. The summed E-state index contributed by atoms with van der Waals surface area (Å²) >= 11 is 5.21. The number of carbonyl (C=O) groups excluding carboxylic acids is 1. The third-order valence-corrected chi connectivity index (χ3v) is 4.27. The van der Waals surface area contributed by atoms with Crippen molar-refractivity contribution in [3.05, 3.63) is 40.9 Å². The molecule has 2 atom stereocenters. The maximum atomic E-state index is 12.9. The number of nitrogens with zero attached hydrogens (tertiary/aromatic N) is 1. The van der Waals surface area contributed by atoms with Crippen LogP contribution in [0.2, 0.25) is 0 Å². The van der Waals surface area contributed by atoms with E-state index in [0.717, 1.165) is 12.1 Å². The number of halogens is 5. The van der Waals surface area contributed by atoms with Gasteiger partial charge in [0.2, 0.25) is 5.95 Å². The number of rotatable bonds is 4. The Hall–Kier alpha value is -1.63. The number of hydrogen-bond acceptors (Lipinski definition) is 3. The highest BCUT2D eigenvalue weighted by atomic mass is 35.5. The zero-order valence-corrected chi connectivity index (χ0v) is 13.1. The minimum Gasteiger partial charge on any atom is -0.461 e. The van der Waals surface area contributed by atoms with Crippen molar-refractivity contribution in [2.24, 2.45) is 17.3 Å². The van der Waals surface area contributed by atoms with Crippen LogP contribution in [0.5, 0.6) is 0 Å². The van der Waals surface area contributed by atoms with Crippen LogP contribution < -0.4 is 0 Å². The summed E-state index contributed by atoms with van der Waals surface area (Å²) < 4.78 is 55.4. The summed E-state index contributed by atoms with van der Waals surface area (Å²) in [5, 5.41) is -1.25. The molecule has 0 amide bonds. The van der Waals surface area contributed by atoms with E-state index in [4.69, 9.17) is 16.3 Å². The molecule has 1 aromatic heterocycles. The van der Waals surface area contributed by atoms with E-state index in [2.05, 4.69) is 4.98 Å². The minimum atomic E-state index is -4.64. The lowest BCUT2D eigenvalue weighted by atomic mass is 10.1. The second-order valence-corrected chi connectivity index (χ2v) is 6.34. The van der Waals surface area contributed by atoms with E-state index in [-0.39, 0.29) is 6.61 Å². The van der Waals surface area contributed by atoms with Gasteiger partial charge < -0.3 is 4.74 Å². The molecule has 0 saturated heterocycles. The molecule has 1 saturated carbocycles. The first kappa shape index (κ1) is 17.7. The third-order valence-electron chi connectivity index (χ3n) is 3.93. The van der Waals surface area contributed by atoms with Crippen molar-refractivity contribution in [2.45, 2.75) is 26.6 Å². The fourth-order valence-corrected chi connectivity index (χ4v) is 2.60. The fourth-order valence-electron chi connectivity index (χ4n) is 2.47. The minimum absolute atomic E-state index is 0.172. The van der Waals surface area contributed by atoms with Crippen molar-refractivity contribution in [1.29, 1.82) is 0 Å². The van der Waals surface area contributed by atoms with E-state index in [0.29, 0.717) is 5.56 Å². The highest BCUT2D eigenvalue weighted by Crippen LogP contribution is 2.60. The zero-order valence-electron chi connectivity index (χ0n) is 12.3. The van der Waals surface area contributed by atoms with Crippen LogP contribution in [0.25, 0.3) is 0 Å². The van der Waals surface area contributed by atoms with Crippen molar-refractivity contribution >= 4 is 17.6 Å². The van der Waals surface area contributed by atoms with Gasteiger partial charge in [0.15, 0.2) is 0 Å². The quantitative estimate of drug-likeness (QED) is 0.463. The van der Waals surface area contributed by atoms with Crippen LogP contribution in [-0.2, 0) is 16.1 Å². The first-order valence-corrected chi connectivity index (χ1v) is 7.13. The number of pyridine rings is 1. The van der Waals surface area contributed by atoms with Gasteiger partial charge in [-0.1, -0.05) is 31.5 Å². The molecule has 0 N–H and O–H groups in total. The van der Waals surface area contributed by atoms with Crippen LogP contribution in [0.3, 0.4) is 0 Å². The molecular weight excluding hydrogens is 338 g/mol. The van der Waals surface area contributed by atoms with Gasteiger partial charge in [-0.3, -0.25) is 4.79 Å². The second-order valence-electron chi connectivity index (χ2n) is 5.93. The normalized spacial score (nSPS) is 23.5. The monoisotopic (exact) mass is 351 g/mol. The van der Waals surface area contributed by atoms with Gasteiger partial charge in [-0.05, 0) is 29.0 Å². The molecule has 0 radical (unpaired) electrons. The molecule has 1 aliphatic rings. The molecule has 0 bridgehead atoms. The Morgan fingerprint density at radius 1 is 1.48 bits per heavy atom. The summed E-state index contributed by atoms with van der Waals surface area (Å²) in [7, 11) is 0. The lowest BCUT2D eigenvalue weighted by Gasteiger charge is -2.05. The molecule has 126 valence electrons. The third kappa shape index (κ3) is 4.02. The average molecular weight is 352 g/mol. The average Bonchev–Trinajstić information content (AvgIpc) is 2.96. The first-order chi connectivity index (χ1) is 10.5. The van der Waals surface area contributed by atoms with Crippen LogP contribution in [0.4, 0.5) is 17.6 Å². The van der Waals surface area contributed by atoms with Crippen molar-refractivity contribution in [3.63, 3.8) is 0 Å². The predicted molar refractivity (Wildman–Crippen MR) is 74.7 cm³/mol. The van der Waals surface area contributed by atoms with E-state index in [9.17, 15) is 22.4 Å². The summed E-state index contributed by atoms with van der Waals surface area (Å²) in [4.78, 5) is 15.4.